The van der Waals surface area contributed by atoms with Gasteiger partial charge in [-0.15, -0.1) is 0 Å². The molecular weight excluding hydrogens is 544 g/mol. The van der Waals surface area contributed by atoms with E-state index in [-0.39, 0.29) is 44.5 Å². The van der Waals surface area contributed by atoms with Gasteiger partial charge in [0.25, 0.3) is 0 Å². The number of aliphatic hydroxyl groups is 3. The zero-order chi connectivity index (χ0) is 26.2. The van der Waals surface area contributed by atoms with Crippen molar-refractivity contribution in [2.75, 3.05) is 0 Å². The van der Waals surface area contributed by atoms with E-state index in [1.807, 2.05) is 0 Å². The molecule has 0 aliphatic heterocycles. The van der Waals surface area contributed by atoms with E-state index >= 15 is 0 Å². The van der Waals surface area contributed by atoms with Crippen molar-refractivity contribution in [3.63, 3.8) is 0 Å². The molecule has 0 amide bonds. The Morgan fingerprint density at radius 3 is 0.833 bits per heavy atom. The summed E-state index contributed by atoms with van der Waals surface area (Å²) in [5.41, 5.74) is 0. The Balaban J connectivity index is 0. The second kappa shape index (κ2) is 27.5. The Kier molecular flexibility index (Phi) is 29.9. The maximum absolute atomic E-state index is 10.5. The van der Waals surface area contributed by atoms with Gasteiger partial charge in [-0.05, 0) is 56.7 Å². The molecule has 0 radical (unpaired) electrons. The van der Waals surface area contributed by atoms with E-state index in [4.69, 9.17) is 15.3 Å². The van der Waals surface area contributed by atoms with Crippen LogP contribution in [0.15, 0.2) is 0 Å². The Morgan fingerprint density at radius 2 is 0.694 bits per heavy atom. The van der Waals surface area contributed by atoms with Crippen LogP contribution >= 0.6 is 0 Å². The van der Waals surface area contributed by atoms with E-state index in [2.05, 4.69) is 20.8 Å². The zero-order valence-electron chi connectivity index (χ0n) is 24.5. The monoisotopic (exact) mass is 606 g/mol. The van der Waals surface area contributed by atoms with E-state index in [0.717, 1.165) is 56.7 Å². The normalized spacial score (nSPS) is 19.4. The van der Waals surface area contributed by atoms with Gasteiger partial charge >= 0.3 is 0 Å². The van der Waals surface area contributed by atoms with Crippen molar-refractivity contribution in [1.82, 2.24) is 0 Å². The molecule has 216 valence electrons. The summed E-state index contributed by atoms with van der Waals surface area (Å²) in [6.45, 7) is 6.65. The second-order valence-electron chi connectivity index (χ2n) is 11.4. The maximum Gasteiger partial charge on any atom is 0.188 e. The molecule has 0 unspecified atom stereocenters. The predicted octanol–water partition coefficient (Wildman–Crippen LogP) is 8.26. The quantitative estimate of drug-likeness (QED) is 0.199. The number of unbranched alkanes of at least 4 members (excludes halogenated alkanes) is 3. The van der Waals surface area contributed by atoms with Gasteiger partial charge in [-0.1, -0.05) is 117 Å². The third-order valence-corrected chi connectivity index (χ3v) is 11.6. The minimum atomic E-state index is -1.81. The summed E-state index contributed by atoms with van der Waals surface area (Å²) in [4.78, 5) is 10.5. The molecule has 0 atom stereocenters. The van der Waals surface area contributed by atoms with Gasteiger partial charge in [0.2, 0.25) is 0 Å². The Hall–Kier alpha value is 0.940. The molecule has 6 heteroatoms. The van der Waals surface area contributed by atoms with Crippen LogP contribution in [-0.2, 0) is 26.2 Å². The summed E-state index contributed by atoms with van der Waals surface area (Å²) in [5.74, 6) is 0. The maximum atomic E-state index is 10.5. The first-order valence-corrected chi connectivity index (χ1v) is 18.2. The largest absolute Gasteiger partial charge is 0.432 e. The minimum Gasteiger partial charge on any atom is -0.432 e. The molecule has 0 aromatic rings. The van der Waals surface area contributed by atoms with Crippen molar-refractivity contribution in [3.8, 4) is 0 Å². The van der Waals surface area contributed by atoms with E-state index in [0.29, 0.717) is 0 Å². The fourth-order valence-corrected chi connectivity index (χ4v) is 8.92. The molecule has 4 nitrogen and oxygen atoms in total. The molecule has 3 saturated carbocycles. The Bertz CT molecular complexity index is 363. The summed E-state index contributed by atoms with van der Waals surface area (Å²) in [6.07, 6.45) is 25.2. The Labute approximate surface area is 245 Å². The van der Waals surface area contributed by atoms with Crippen molar-refractivity contribution < 1.29 is 46.3 Å². The number of rotatable bonds is 9. The van der Waals surface area contributed by atoms with Gasteiger partial charge in [0, 0.05) is 26.2 Å². The summed E-state index contributed by atoms with van der Waals surface area (Å²) < 4.78 is 0. The fourth-order valence-electron chi connectivity index (χ4n) is 5.14. The molecule has 4 N–H and O–H groups in total. The summed E-state index contributed by atoms with van der Waals surface area (Å²) in [6, 6.07) is 3.43. The topological polar surface area (TPSA) is 80.9 Å². The van der Waals surface area contributed by atoms with Gasteiger partial charge < -0.3 is 20.1 Å². The second-order valence-corrected chi connectivity index (χ2v) is 15.4. The van der Waals surface area contributed by atoms with Crippen LogP contribution in [-0.4, -0.2) is 46.7 Å². The fraction of sp³-hybridized carbons (Fsp3) is 1.00. The van der Waals surface area contributed by atoms with Crippen LogP contribution in [0.25, 0.3) is 0 Å². The average Bonchev–Trinajstić information content (AvgIpc) is 2.88. The molecule has 3 aliphatic rings. The third kappa shape index (κ3) is 25.2. The number of hydrogen-bond acceptors (Lipinski definition) is 4. The molecule has 0 aromatic heterocycles. The van der Waals surface area contributed by atoms with Gasteiger partial charge in [-0.25, -0.2) is 0 Å². The standard InChI is InChI=1S/C12H28OSi.3C6H12O.Zr/c1-4-7-10-14(13,11-8-5-2)12-9-6-3;3*7-6-4-2-1-3-5-6;/h13H,4-12H2,1-3H3;3*6-7H,1-5H2;. The molecule has 0 spiro atoms. The summed E-state index contributed by atoms with van der Waals surface area (Å²) in [5, 5.41) is 26.7. The molecule has 36 heavy (non-hydrogen) atoms. The van der Waals surface area contributed by atoms with Gasteiger partial charge in [-0.2, -0.15) is 0 Å². The molecule has 0 bridgehead atoms. The molecule has 0 saturated heterocycles. The van der Waals surface area contributed by atoms with Crippen LogP contribution in [0.4, 0.5) is 0 Å². The van der Waals surface area contributed by atoms with Crippen LogP contribution in [0.2, 0.25) is 18.1 Å². The molecule has 0 heterocycles. The van der Waals surface area contributed by atoms with Crippen LogP contribution in [0.3, 0.4) is 0 Å². The van der Waals surface area contributed by atoms with Gasteiger partial charge in [0.1, 0.15) is 0 Å². The smallest absolute Gasteiger partial charge is 0.188 e. The van der Waals surface area contributed by atoms with Crippen molar-refractivity contribution in [2.45, 2.75) is 192 Å². The minimum absolute atomic E-state index is 0. The van der Waals surface area contributed by atoms with Crippen molar-refractivity contribution in [3.05, 3.63) is 0 Å². The van der Waals surface area contributed by atoms with Gasteiger partial charge in [0.05, 0.1) is 18.3 Å². The number of aliphatic hydroxyl groups excluding tert-OH is 3. The molecule has 3 aliphatic carbocycles. The summed E-state index contributed by atoms with van der Waals surface area (Å²) >= 11 is 0. The van der Waals surface area contributed by atoms with Crippen molar-refractivity contribution in [2.24, 2.45) is 0 Å². The number of hydrogen-bond donors (Lipinski definition) is 4. The first-order valence-electron chi connectivity index (χ1n) is 15.6. The first kappa shape index (κ1) is 39.1. The van der Waals surface area contributed by atoms with Crippen molar-refractivity contribution in [1.29, 1.82) is 0 Å². The molecule has 3 fully saturated rings. The third-order valence-electron chi connectivity index (χ3n) is 7.71. The molecule has 0 aromatic carbocycles. The SMILES string of the molecule is CCCC[Si](O)(CCCC)CCCC.OC1CCCCC1.OC1CCCCC1.OC1CCCCC1.[Zr]. The first-order chi connectivity index (χ1) is 16.9. The summed E-state index contributed by atoms with van der Waals surface area (Å²) in [7, 11) is -1.81. The van der Waals surface area contributed by atoms with E-state index in [1.165, 1.54) is 96.3 Å². The zero-order valence-corrected chi connectivity index (χ0v) is 27.9. The van der Waals surface area contributed by atoms with Crippen LogP contribution in [0.1, 0.15) is 156 Å². The average molecular weight is 608 g/mol. The van der Waals surface area contributed by atoms with E-state index < -0.39 is 8.32 Å². The van der Waals surface area contributed by atoms with Gasteiger partial charge in [-0.3, -0.25) is 0 Å². The van der Waals surface area contributed by atoms with Crippen LogP contribution in [0.5, 0.6) is 0 Å². The van der Waals surface area contributed by atoms with Crippen LogP contribution in [0, 0.1) is 0 Å². The Morgan fingerprint density at radius 1 is 0.472 bits per heavy atom. The van der Waals surface area contributed by atoms with E-state index in [9.17, 15) is 4.80 Å². The molecular formula is C30H64O4SiZr. The van der Waals surface area contributed by atoms with E-state index in [1.54, 1.807) is 0 Å². The van der Waals surface area contributed by atoms with Gasteiger partial charge in [0.15, 0.2) is 8.32 Å². The molecule has 3 rings (SSSR count). The van der Waals surface area contributed by atoms with Crippen molar-refractivity contribution >= 4 is 8.32 Å². The van der Waals surface area contributed by atoms with Crippen LogP contribution < -0.4 is 0 Å². The predicted molar refractivity (Wildman–Crippen MR) is 154 cm³/mol.